The van der Waals surface area contributed by atoms with Crippen molar-refractivity contribution >= 4 is 21.7 Å². The number of anilines is 1. The Bertz CT molecular complexity index is 1470. The maximum atomic E-state index is 15.6. The van der Waals surface area contributed by atoms with Gasteiger partial charge in [0.15, 0.2) is 5.82 Å². The van der Waals surface area contributed by atoms with Crippen molar-refractivity contribution in [2.45, 2.75) is 57.3 Å². The number of ether oxygens (including phenoxy) is 1. The Labute approximate surface area is 228 Å². The first-order valence-corrected chi connectivity index (χ1v) is 14.3. The lowest BCUT2D eigenvalue weighted by Crippen LogP contribution is -2.25. The third kappa shape index (κ3) is 6.08. The van der Waals surface area contributed by atoms with Crippen LogP contribution in [0.5, 0.6) is 5.75 Å². The monoisotopic (exact) mass is 557 g/mol. The number of carboxylic acids is 1. The van der Waals surface area contributed by atoms with Gasteiger partial charge in [0.25, 0.3) is 10.0 Å². The number of halogens is 2. The number of carboxylic acid groups (broad SMARTS) is 1. The fourth-order valence-electron chi connectivity index (χ4n) is 5.33. The molecular weight excluding hydrogens is 524 g/mol. The predicted octanol–water partition coefficient (Wildman–Crippen LogP) is 7.46. The van der Waals surface area contributed by atoms with Crippen LogP contribution in [0.3, 0.4) is 0 Å². The Morgan fingerprint density at radius 3 is 2.21 bits per heavy atom. The average molecular weight is 558 g/mol. The van der Waals surface area contributed by atoms with Crippen LogP contribution in [0.15, 0.2) is 59.5 Å². The van der Waals surface area contributed by atoms with E-state index in [0.717, 1.165) is 25.0 Å². The number of hydrogen-bond acceptors (Lipinski definition) is 4. The number of carbonyl (C=O) groups is 1. The molecule has 208 valence electrons. The van der Waals surface area contributed by atoms with E-state index in [1.807, 2.05) is 12.1 Å². The Kier molecular flexibility index (Phi) is 8.02. The molecule has 1 aliphatic rings. The van der Waals surface area contributed by atoms with Gasteiger partial charge in [-0.05, 0) is 66.2 Å². The lowest BCUT2D eigenvalue weighted by molar-refractivity contribution is 0.0691. The number of hydrogen-bond donors (Lipinski definition) is 2. The average Bonchev–Trinajstić information content (AvgIpc) is 2.88. The van der Waals surface area contributed by atoms with Gasteiger partial charge in [0.1, 0.15) is 16.5 Å². The van der Waals surface area contributed by atoms with Gasteiger partial charge in [0, 0.05) is 11.6 Å². The molecule has 1 saturated carbocycles. The molecule has 4 rings (SSSR count). The highest BCUT2D eigenvalue weighted by atomic mass is 32.2. The van der Waals surface area contributed by atoms with Gasteiger partial charge in [-0.1, -0.05) is 57.2 Å². The topological polar surface area (TPSA) is 92.7 Å². The predicted molar refractivity (Wildman–Crippen MR) is 147 cm³/mol. The van der Waals surface area contributed by atoms with Gasteiger partial charge in [-0.2, -0.15) is 0 Å². The first-order chi connectivity index (χ1) is 18.3. The van der Waals surface area contributed by atoms with Crippen LogP contribution in [0.4, 0.5) is 14.5 Å². The minimum atomic E-state index is -4.52. The summed E-state index contributed by atoms with van der Waals surface area (Å²) >= 11 is 0. The highest BCUT2D eigenvalue weighted by Gasteiger charge is 2.30. The summed E-state index contributed by atoms with van der Waals surface area (Å²) in [6.45, 7) is 6.86. The van der Waals surface area contributed by atoms with Crippen LogP contribution < -0.4 is 9.46 Å². The lowest BCUT2D eigenvalue weighted by Gasteiger charge is -2.37. The van der Waals surface area contributed by atoms with Crippen molar-refractivity contribution in [3.63, 3.8) is 0 Å². The third-order valence-corrected chi connectivity index (χ3v) is 9.04. The zero-order valence-corrected chi connectivity index (χ0v) is 23.2. The smallest absolute Gasteiger partial charge is 0.338 e. The molecule has 1 aliphatic carbocycles. The summed E-state index contributed by atoms with van der Waals surface area (Å²) in [5.74, 6) is -2.73. The molecule has 0 atom stereocenters. The van der Waals surface area contributed by atoms with E-state index < -0.39 is 38.1 Å². The zero-order valence-electron chi connectivity index (χ0n) is 22.4. The molecule has 39 heavy (non-hydrogen) atoms. The molecular formula is C30H33F2NO5S. The Balaban J connectivity index is 1.58. The second-order valence-electron chi connectivity index (χ2n) is 11.1. The van der Waals surface area contributed by atoms with Crippen molar-refractivity contribution in [1.82, 2.24) is 0 Å². The molecule has 0 bridgehead atoms. The summed E-state index contributed by atoms with van der Waals surface area (Å²) in [7, 11) is -3.34. The molecule has 0 amide bonds. The largest absolute Gasteiger partial charge is 0.495 e. The SMILES string of the molecule is COc1cc(C(=O)O)c(F)cc1NS(=O)(=O)c1cccc(-c2ccc([C@H]3CC[C@H](C(C)(C)C)CC3)cc2)c1F. The van der Waals surface area contributed by atoms with Gasteiger partial charge in [-0.25, -0.2) is 22.0 Å². The Morgan fingerprint density at radius 2 is 1.64 bits per heavy atom. The Hall–Kier alpha value is -3.46. The molecule has 0 radical (unpaired) electrons. The highest BCUT2D eigenvalue weighted by molar-refractivity contribution is 7.92. The van der Waals surface area contributed by atoms with Gasteiger partial charge >= 0.3 is 5.97 Å². The third-order valence-electron chi connectivity index (χ3n) is 7.66. The van der Waals surface area contributed by atoms with E-state index in [1.54, 1.807) is 12.1 Å². The van der Waals surface area contributed by atoms with E-state index in [1.165, 1.54) is 37.6 Å². The number of rotatable bonds is 7. The van der Waals surface area contributed by atoms with Crippen molar-refractivity contribution < 1.29 is 31.8 Å². The van der Waals surface area contributed by atoms with Crippen molar-refractivity contribution in [1.29, 1.82) is 0 Å². The van der Waals surface area contributed by atoms with Gasteiger partial charge < -0.3 is 9.84 Å². The summed E-state index contributed by atoms with van der Waals surface area (Å²) in [4.78, 5) is 10.6. The van der Waals surface area contributed by atoms with E-state index in [4.69, 9.17) is 9.84 Å². The van der Waals surface area contributed by atoms with E-state index in [-0.39, 0.29) is 17.0 Å². The van der Waals surface area contributed by atoms with Gasteiger partial charge in [0.05, 0.1) is 18.4 Å². The van der Waals surface area contributed by atoms with Crippen LogP contribution in [0, 0.1) is 23.0 Å². The first kappa shape index (κ1) is 28.5. The molecule has 0 saturated heterocycles. The van der Waals surface area contributed by atoms with Crippen molar-refractivity contribution in [3.8, 4) is 16.9 Å². The fourth-order valence-corrected chi connectivity index (χ4v) is 6.50. The maximum absolute atomic E-state index is 15.6. The van der Waals surface area contributed by atoms with E-state index in [0.29, 0.717) is 28.9 Å². The molecule has 3 aromatic carbocycles. The van der Waals surface area contributed by atoms with Crippen LogP contribution in [0.25, 0.3) is 11.1 Å². The van der Waals surface area contributed by atoms with Crippen molar-refractivity contribution in [2.75, 3.05) is 11.8 Å². The van der Waals surface area contributed by atoms with Crippen LogP contribution in [0.2, 0.25) is 0 Å². The molecule has 0 spiro atoms. The van der Waals surface area contributed by atoms with Gasteiger partial charge in [-0.15, -0.1) is 0 Å². The molecule has 9 heteroatoms. The summed E-state index contributed by atoms with van der Waals surface area (Å²) in [5, 5.41) is 9.11. The van der Waals surface area contributed by atoms with Crippen LogP contribution in [-0.2, 0) is 10.0 Å². The van der Waals surface area contributed by atoms with E-state index in [2.05, 4.69) is 25.5 Å². The molecule has 0 aromatic heterocycles. The molecule has 0 heterocycles. The number of methoxy groups -OCH3 is 1. The summed E-state index contributed by atoms with van der Waals surface area (Å²) in [6.07, 6.45) is 4.55. The minimum Gasteiger partial charge on any atom is -0.495 e. The van der Waals surface area contributed by atoms with Crippen molar-refractivity contribution in [2.24, 2.45) is 11.3 Å². The summed E-state index contributed by atoms with van der Waals surface area (Å²) in [5.41, 5.74) is 1.10. The second-order valence-corrected chi connectivity index (χ2v) is 12.7. The van der Waals surface area contributed by atoms with Gasteiger partial charge in [0.2, 0.25) is 0 Å². The Morgan fingerprint density at radius 1 is 1.00 bits per heavy atom. The van der Waals surface area contributed by atoms with Crippen molar-refractivity contribution in [3.05, 3.63) is 77.4 Å². The molecule has 0 aliphatic heterocycles. The molecule has 1 fully saturated rings. The standard InChI is InChI=1S/C30H33F2NO5S/c1-30(2,3)21-14-12-19(13-15-21)18-8-10-20(11-9-18)22-6-5-7-27(28(22)32)39(36,37)33-25-17-24(31)23(29(34)35)16-26(25)38-4/h5-11,16-17,19,21,33H,12-15H2,1-4H3,(H,34,35)/t19-,21-. The zero-order chi connectivity index (χ0) is 28.5. The number of aromatic carboxylic acids is 1. The van der Waals surface area contributed by atoms with Crippen LogP contribution in [0.1, 0.15) is 68.3 Å². The minimum absolute atomic E-state index is 0.111. The molecule has 2 N–H and O–H groups in total. The molecule has 3 aromatic rings. The first-order valence-electron chi connectivity index (χ1n) is 12.8. The van der Waals surface area contributed by atoms with E-state index in [9.17, 15) is 17.6 Å². The second kappa shape index (κ2) is 11.0. The highest BCUT2D eigenvalue weighted by Crippen LogP contribution is 2.43. The number of nitrogens with one attached hydrogen (secondary N) is 1. The van der Waals surface area contributed by atoms with Crippen LogP contribution >= 0.6 is 0 Å². The lowest BCUT2D eigenvalue weighted by atomic mass is 9.68. The van der Waals surface area contributed by atoms with Crippen LogP contribution in [-0.4, -0.2) is 26.6 Å². The quantitative estimate of drug-likeness (QED) is 0.315. The molecule has 6 nitrogen and oxygen atoms in total. The summed E-state index contributed by atoms with van der Waals surface area (Å²) in [6, 6.07) is 13.2. The normalized spacial score (nSPS) is 18.0. The van der Waals surface area contributed by atoms with E-state index >= 15 is 4.39 Å². The number of sulfonamides is 1. The maximum Gasteiger partial charge on any atom is 0.338 e. The van der Waals surface area contributed by atoms with Gasteiger partial charge in [-0.3, -0.25) is 4.72 Å². The fraction of sp³-hybridized carbons (Fsp3) is 0.367. The number of benzene rings is 3. The summed E-state index contributed by atoms with van der Waals surface area (Å²) < 4.78 is 63.2. The molecule has 0 unspecified atom stereocenters.